The molecule has 1 heterocycles. The maximum absolute atomic E-state index is 11.7. The number of carbonyl (C=O) groups excluding carboxylic acids is 2. The number of nitrogens with one attached hydrogen (secondary N) is 2. The molecular weight excluding hydrogens is 254 g/mol. The van der Waals surface area contributed by atoms with Crippen molar-refractivity contribution in [2.75, 3.05) is 19.8 Å². The largest absolute Gasteiger partial charge is 0.480 e. The number of amides is 2. The molecule has 8 nitrogen and oxygen atoms in total. The molecule has 0 aliphatic carbocycles. The number of hydrogen-bond acceptors (Lipinski definition) is 5. The van der Waals surface area contributed by atoms with Crippen molar-refractivity contribution >= 4 is 17.8 Å². The lowest BCUT2D eigenvalue weighted by Crippen LogP contribution is -2.47. The number of carbonyl (C=O) groups is 3. The molecule has 1 aliphatic heterocycles. The highest BCUT2D eigenvalue weighted by Crippen LogP contribution is 2.02. The van der Waals surface area contributed by atoms with Gasteiger partial charge in [-0.15, -0.1) is 0 Å². The summed E-state index contributed by atoms with van der Waals surface area (Å²) in [5, 5.41) is 14.4. The summed E-state index contributed by atoms with van der Waals surface area (Å²) in [6, 6.07) is -1.20. The standard InChI is InChI=1S/C11H19N3O5/c12-9(15)2-1-8(11(17)18)14-10(16)5-7-6-19-4-3-13-7/h7-8,13H,1-6H2,(H2,12,15)(H,14,16)(H,17,18). The van der Waals surface area contributed by atoms with E-state index in [1.54, 1.807) is 0 Å². The van der Waals surface area contributed by atoms with Gasteiger partial charge in [-0.25, -0.2) is 4.79 Å². The van der Waals surface area contributed by atoms with Crippen LogP contribution in [-0.4, -0.2) is 54.7 Å². The second kappa shape index (κ2) is 7.70. The molecule has 8 heteroatoms. The van der Waals surface area contributed by atoms with Crippen LogP contribution in [0.25, 0.3) is 0 Å². The first-order chi connectivity index (χ1) is 8.99. The Balaban J connectivity index is 2.37. The first-order valence-corrected chi connectivity index (χ1v) is 6.10. The monoisotopic (exact) mass is 273 g/mol. The molecule has 0 radical (unpaired) electrons. The average Bonchev–Trinajstić information content (AvgIpc) is 2.35. The molecule has 2 amide bonds. The third-order valence-corrected chi connectivity index (χ3v) is 2.74. The highest BCUT2D eigenvalue weighted by Gasteiger charge is 2.23. The maximum atomic E-state index is 11.7. The van der Waals surface area contributed by atoms with E-state index in [1.165, 1.54) is 0 Å². The van der Waals surface area contributed by atoms with Crippen molar-refractivity contribution in [2.45, 2.75) is 31.3 Å². The minimum atomic E-state index is -1.18. The highest BCUT2D eigenvalue weighted by atomic mass is 16.5. The van der Waals surface area contributed by atoms with Crippen LogP contribution < -0.4 is 16.4 Å². The number of carboxylic acid groups (broad SMARTS) is 1. The van der Waals surface area contributed by atoms with Gasteiger partial charge in [0, 0.05) is 25.4 Å². The zero-order chi connectivity index (χ0) is 14.3. The first-order valence-electron chi connectivity index (χ1n) is 6.10. The molecule has 1 rings (SSSR count). The predicted molar refractivity (Wildman–Crippen MR) is 65.2 cm³/mol. The number of primary amides is 1. The summed E-state index contributed by atoms with van der Waals surface area (Å²) in [7, 11) is 0. The van der Waals surface area contributed by atoms with Crippen LogP contribution in [0.5, 0.6) is 0 Å². The third kappa shape index (κ3) is 6.16. The molecule has 0 aromatic rings. The number of carboxylic acids is 1. The van der Waals surface area contributed by atoms with Gasteiger partial charge in [0.05, 0.1) is 13.2 Å². The van der Waals surface area contributed by atoms with Crippen molar-refractivity contribution < 1.29 is 24.2 Å². The van der Waals surface area contributed by atoms with Gasteiger partial charge >= 0.3 is 5.97 Å². The summed E-state index contributed by atoms with van der Waals surface area (Å²) in [6.07, 6.45) is 0.0490. The van der Waals surface area contributed by atoms with Gasteiger partial charge in [-0.2, -0.15) is 0 Å². The van der Waals surface area contributed by atoms with Gasteiger partial charge in [0.25, 0.3) is 0 Å². The Morgan fingerprint density at radius 3 is 2.74 bits per heavy atom. The highest BCUT2D eigenvalue weighted by molar-refractivity contribution is 5.84. The second-order valence-electron chi connectivity index (χ2n) is 4.39. The topological polar surface area (TPSA) is 131 Å². The van der Waals surface area contributed by atoms with Crippen LogP contribution in [0.15, 0.2) is 0 Å². The van der Waals surface area contributed by atoms with E-state index in [0.717, 1.165) is 0 Å². The molecule has 2 unspecified atom stereocenters. The van der Waals surface area contributed by atoms with Crippen LogP contribution >= 0.6 is 0 Å². The van der Waals surface area contributed by atoms with Crippen molar-refractivity contribution in [3.05, 3.63) is 0 Å². The fourth-order valence-corrected chi connectivity index (χ4v) is 1.77. The van der Waals surface area contributed by atoms with Crippen LogP contribution in [0.4, 0.5) is 0 Å². The van der Waals surface area contributed by atoms with Crippen molar-refractivity contribution in [3.8, 4) is 0 Å². The van der Waals surface area contributed by atoms with Crippen LogP contribution in [-0.2, 0) is 19.1 Å². The summed E-state index contributed by atoms with van der Waals surface area (Å²) in [4.78, 5) is 33.2. The minimum Gasteiger partial charge on any atom is -0.480 e. The molecule has 1 aliphatic rings. The van der Waals surface area contributed by atoms with E-state index in [-0.39, 0.29) is 31.2 Å². The van der Waals surface area contributed by atoms with Gasteiger partial charge in [-0.3, -0.25) is 9.59 Å². The van der Waals surface area contributed by atoms with Gasteiger partial charge in [-0.1, -0.05) is 0 Å². The van der Waals surface area contributed by atoms with Crippen LogP contribution in [0.3, 0.4) is 0 Å². The lowest BCUT2D eigenvalue weighted by atomic mass is 10.1. The molecule has 19 heavy (non-hydrogen) atoms. The first kappa shape index (κ1) is 15.4. The van der Waals surface area contributed by atoms with E-state index in [9.17, 15) is 14.4 Å². The normalized spacial score (nSPS) is 20.5. The molecule has 0 bridgehead atoms. The molecule has 0 aromatic heterocycles. The summed E-state index contributed by atoms with van der Waals surface area (Å²) in [5.41, 5.74) is 4.95. The van der Waals surface area contributed by atoms with Gasteiger partial charge in [0.2, 0.25) is 11.8 Å². The Bertz CT molecular complexity index is 341. The molecule has 108 valence electrons. The lowest BCUT2D eigenvalue weighted by molar-refractivity contribution is -0.142. The molecule has 1 fully saturated rings. The van der Waals surface area contributed by atoms with E-state index in [4.69, 9.17) is 15.6 Å². The lowest BCUT2D eigenvalue weighted by Gasteiger charge is -2.24. The zero-order valence-corrected chi connectivity index (χ0v) is 10.6. The summed E-state index contributed by atoms with van der Waals surface area (Å²) >= 11 is 0. The predicted octanol–water partition coefficient (Wildman–Crippen LogP) is -1.80. The number of rotatable bonds is 7. The third-order valence-electron chi connectivity index (χ3n) is 2.74. The van der Waals surface area contributed by atoms with E-state index in [0.29, 0.717) is 19.8 Å². The Labute approximate surface area is 110 Å². The average molecular weight is 273 g/mol. The van der Waals surface area contributed by atoms with Crippen molar-refractivity contribution in [3.63, 3.8) is 0 Å². The zero-order valence-electron chi connectivity index (χ0n) is 10.6. The van der Waals surface area contributed by atoms with Gasteiger partial charge in [-0.05, 0) is 6.42 Å². The molecule has 0 aromatic carbocycles. The Kier molecular flexibility index (Phi) is 6.23. The van der Waals surface area contributed by atoms with Crippen LogP contribution in [0.2, 0.25) is 0 Å². The number of hydrogen-bond donors (Lipinski definition) is 4. The number of ether oxygens (including phenoxy) is 1. The molecular formula is C11H19N3O5. The number of aliphatic carboxylic acids is 1. The molecule has 2 atom stereocenters. The molecule has 1 saturated heterocycles. The van der Waals surface area contributed by atoms with Crippen LogP contribution in [0, 0.1) is 0 Å². The van der Waals surface area contributed by atoms with Gasteiger partial charge in [0.1, 0.15) is 6.04 Å². The van der Waals surface area contributed by atoms with E-state index >= 15 is 0 Å². The Morgan fingerprint density at radius 1 is 1.47 bits per heavy atom. The van der Waals surface area contributed by atoms with Gasteiger partial charge < -0.3 is 26.2 Å². The minimum absolute atomic E-state index is 0.00893. The van der Waals surface area contributed by atoms with Crippen molar-refractivity contribution in [1.29, 1.82) is 0 Å². The van der Waals surface area contributed by atoms with E-state index < -0.39 is 17.9 Å². The van der Waals surface area contributed by atoms with Crippen molar-refractivity contribution in [2.24, 2.45) is 5.73 Å². The van der Waals surface area contributed by atoms with Crippen molar-refractivity contribution in [1.82, 2.24) is 10.6 Å². The molecule has 0 saturated carbocycles. The number of morpholine rings is 1. The second-order valence-corrected chi connectivity index (χ2v) is 4.39. The number of nitrogens with two attached hydrogens (primary N) is 1. The molecule has 0 spiro atoms. The van der Waals surface area contributed by atoms with E-state index in [1.807, 2.05) is 0 Å². The van der Waals surface area contributed by atoms with E-state index in [2.05, 4.69) is 10.6 Å². The smallest absolute Gasteiger partial charge is 0.326 e. The summed E-state index contributed by atoms with van der Waals surface area (Å²) < 4.78 is 5.19. The summed E-state index contributed by atoms with van der Waals surface area (Å²) in [6.45, 7) is 1.70. The van der Waals surface area contributed by atoms with Crippen LogP contribution in [0.1, 0.15) is 19.3 Å². The van der Waals surface area contributed by atoms with Gasteiger partial charge in [0.15, 0.2) is 0 Å². The maximum Gasteiger partial charge on any atom is 0.326 e. The fourth-order valence-electron chi connectivity index (χ4n) is 1.77. The molecule has 5 N–H and O–H groups in total. The SMILES string of the molecule is NC(=O)CCC(NC(=O)CC1COCCN1)C(=O)O. The Hall–Kier alpha value is -1.67. The Morgan fingerprint density at radius 2 is 2.21 bits per heavy atom. The quantitative estimate of drug-likeness (QED) is 0.433. The fraction of sp³-hybridized carbons (Fsp3) is 0.727. The summed E-state index contributed by atoms with van der Waals surface area (Å²) in [5.74, 6) is -2.16.